The number of rotatable bonds is 0. The van der Waals surface area contributed by atoms with Crippen molar-refractivity contribution >= 4 is 11.6 Å². The Labute approximate surface area is 136 Å². The highest BCUT2D eigenvalue weighted by atomic mass is 16.1. The van der Waals surface area contributed by atoms with E-state index in [0.29, 0.717) is 52.7 Å². The van der Waals surface area contributed by atoms with Gasteiger partial charge in [-0.15, -0.1) is 0 Å². The number of hydrogen-bond acceptors (Lipinski definition) is 3. The molecule has 2 spiro atoms. The number of fused-ring (bicyclic) bond motifs is 1. The molecule has 3 heteroatoms. The third-order valence-electron chi connectivity index (χ3n) is 9.93. The standard InChI is InChI=1S/C20H23NO2/c1-9-10-5-11-16-20-13(6-10)19(11,17(9)23)7-12-15(20)18(2,8-21(12)16)4-3-14(20)22/h10-13,15-16H,1,3-8H2,2H3/t10-,11?,12-,13+,15+,16?,18-,19+,20-/m0/s1. The van der Waals surface area contributed by atoms with Gasteiger partial charge in [-0.1, -0.05) is 13.5 Å². The second kappa shape index (κ2) is 3.00. The van der Waals surface area contributed by atoms with Gasteiger partial charge >= 0.3 is 0 Å². The summed E-state index contributed by atoms with van der Waals surface area (Å²) in [4.78, 5) is 29.4. The van der Waals surface area contributed by atoms with Crippen molar-refractivity contribution < 1.29 is 9.59 Å². The number of carbonyl (C=O) groups excluding carboxylic acids is 2. The van der Waals surface area contributed by atoms with Gasteiger partial charge in [-0.2, -0.15) is 0 Å². The van der Waals surface area contributed by atoms with Gasteiger partial charge in [0, 0.05) is 30.5 Å². The zero-order chi connectivity index (χ0) is 15.5. The number of hydrogen-bond donors (Lipinski definition) is 0. The van der Waals surface area contributed by atoms with Crippen molar-refractivity contribution in [3.63, 3.8) is 0 Å². The average molecular weight is 309 g/mol. The summed E-state index contributed by atoms with van der Waals surface area (Å²) in [7, 11) is 0. The van der Waals surface area contributed by atoms with E-state index in [0.717, 1.165) is 37.7 Å². The second-order valence-electron chi connectivity index (χ2n) is 10.1. The molecule has 6 saturated carbocycles. The van der Waals surface area contributed by atoms with Crippen LogP contribution in [0.2, 0.25) is 0 Å². The van der Waals surface area contributed by atoms with Crippen molar-refractivity contribution in [1.82, 2.24) is 4.90 Å². The Bertz CT molecular complexity index is 757. The molecule has 0 radical (unpaired) electrons. The zero-order valence-electron chi connectivity index (χ0n) is 13.7. The highest BCUT2D eigenvalue weighted by Gasteiger charge is 2.90. The molecule has 0 aromatic heterocycles. The van der Waals surface area contributed by atoms with Gasteiger partial charge < -0.3 is 0 Å². The van der Waals surface area contributed by atoms with Crippen LogP contribution in [0.5, 0.6) is 0 Å². The molecule has 120 valence electrons. The molecule has 3 saturated heterocycles. The van der Waals surface area contributed by atoms with E-state index >= 15 is 0 Å². The SMILES string of the molecule is C=C1C(=O)[C@]23C[C@H]4[C@@H]5[C@@]6(C)CCC(=O)[C@]57C(C2C[C@H]1C[C@@H]73)N4C6. The third-order valence-corrected chi connectivity index (χ3v) is 9.93. The van der Waals surface area contributed by atoms with Crippen LogP contribution in [-0.4, -0.2) is 35.1 Å². The number of nitrogens with zero attached hydrogens (tertiary/aromatic N) is 1. The average Bonchev–Trinajstić information content (AvgIpc) is 2.94. The molecule has 0 aromatic rings. The van der Waals surface area contributed by atoms with Crippen LogP contribution in [0.25, 0.3) is 0 Å². The van der Waals surface area contributed by atoms with Gasteiger partial charge in [0.1, 0.15) is 5.78 Å². The molecule has 10 atom stereocenters. The summed E-state index contributed by atoms with van der Waals surface area (Å²) in [5.74, 6) is 2.63. The van der Waals surface area contributed by atoms with Gasteiger partial charge in [-0.05, 0) is 60.3 Å². The first kappa shape index (κ1) is 12.4. The minimum Gasteiger partial charge on any atom is -0.299 e. The lowest BCUT2D eigenvalue weighted by Gasteiger charge is -2.61. The first-order chi connectivity index (χ1) is 11.0. The zero-order valence-corrected chi connectivity index (χ0v) is 13.7. The molecule has 3 aliphatic heterocycles. The predicted octanol–water partition coefficient (Wildman–Crippen LogP) is 2.21. The van der Waals surface area contributed by atoms with Crippen molar-refractivity contribution in [1.29, 1.82) is 0 Å². The number of ketones is 2. The highest BCUT2D eigenvalue weighted by molar-refractivity contribution is 6.05. The molecular weight excluding hydrogens is 286 g/mol. The van der Waals surface area contributed by atoms with Crippen molar-refractivity contribution in [3.8, 4) is 0 Å². The summed E-state index contributed by atoms with van der Waals surface area (Å²) in [5.41, 5.74) is 0.897. The molecule has 3 heterocycles. The largest absolute Gasteiger partial charge is 0.299 e. The Balaban J connectivity index is 1.57. The maximum Gasteiger partial charge on any atom is 0.165 e. The van der Waals surface area contributed by atoms with Crippen LogP contribution in [0.3, 0.4) is 0 Å². The maximum absolute atomic E-state index is 13.4. The number of allylic oxidation sites excluding steroid dienone is 1. The molecule has 0 aromatic carbocycles. The lowest BCUT2D eigenvalue weighted by Crippen LogP contribution is -2.64. The van der Waals surface area contributed by atoms with E-state index in [2.05, 4.69) is 18.4 Å². The quantitative estimate of drug-likeness (QED) is 0.644. The van der Waals surface area contributed by atoms with E-state index in [9.17, 15) is 9.59 Å². The summed E-state index contributed by atoms with van der Waals surface area (Å²) < 4.78 is 0. The topological polar surface area (TPSA) is 37.4 Å². The van der Waals surface area contributed by atoms with E-state index in [1.54, 1.807) is 0 Å². The maximum atomic E-state index is 13.4. The first-order valence-electron chi connectivity index (χ1n) is 9.49. The summed E-state index contributed by atoms with van der Waals surface area (Å²) >= 11 is 0. The first-order valence-corrected chi connectivity index (χ1v) is 9.49. The predicted molar refractivity (Wildman–Crippen MR) is 83.5 cm³/mol. The molecule has 0 N–H and O–H groups in total. The van der Waals surface area contributed by atoms with Crippen molar-refractivity contribution in [2.45, 2.75) is 51.1 Å². The Hall–Kier alpha value is -0.960. The third kappa shape index (κ3) is 0.844. The fourth-order valence-electron chi connectivity index (χ4n) is 9.78. The van der Waals surface area contributed by atoms with Crippen LogP contribution in [0.15, 0.2) is 12.2 Å². The van der Waals surface area contributed by atoms with Crippen LogP contribution in [-0.2, 0) is 9.59 Å². The number of Topliss-reactive ketones (excluding diaryl/α,β-unsaturated/α-hetero) is 2. The molecule has 3 nitrogen and oxygen atoms in total. The summed E-state index contributed by atoms with van der Waals surface area (Å²) in [5, 5.41) is 0. The minimum absolute atomic E-state index is 0.149. The Morgan fingerprint density at radius 3 is 2.91 bits per heavy atom. The van der Waals surface area contributed by atoms with Gasteiger partial charge in [0.2, 0.25) is 0 Å². The lowest BCUT2D eigenvalue weighted by molar-refractivity contribution is -0.164. The van der Waals surface area contributed by atoms with E-state index in [1.807, 2.05) is 0 Å². The van der Waals surface area contributed by atoms with E-state index in [1.165, 1.54) is 6.54 Å². The van der Waals surface area contributed by atoms with E-state index in [4.69, 9.17) is 0 Å². The molecule has 9 aliphatic rings. The minimum atomic E-state index is -0.188. The molecule has 0 amide bonds. The molecule has 9 rings (SSSR count). The van der Waals surface area contributed by atoms with Crippen molar-refractivity contribution in [2.24, 2.45) is 39.9 Å². The smallest absolute Gasteiger partial charge is 0.165 e. The van der Waals surface area contributed by atoms with E-state index < -0.39 is 0 Å². The normalized spacial score (nSPS) is 69.3. The summed E-state index contributed by atoms with van der Waals surface area (Å²) in [6.07, 6.45) is 5.10. The van der Waals surface area contributed by atoms with Crippen LogP contribution < -0.4 is 0 Å². The van der Waals surface area contributed by atoms with Crippen molar-refractivity contribution in [3.05, 3.63) is 12.2 Å². The van der Waals surface area contributed by atoms with Gasteiger partial charge in [0.05, 0.1) is 5.41 Å². The molecule has 6 aliphatic carbocycles. The van der Waals surface area contributed by atoms with E-state index in [-0.39, 0.29) is 10.8 Å². The second-order valence-corrected chi connectivity index (χ2v) is 10.1. The number of piperidine rings is 2. The lowest BCUT2D eigenvalue weighted by atomic mass is 9.40. The van der Waals surface area contributed by atoms with Crippen LogP contribution in [0, 0.1) is 39.9 Å². The molecule has 9 bridgehead atoms. The van der Waals surface area contributed by atoms with Crippen LogP contribution in [0.1, 0.15) is 39.0 Å². The van der Waals surface area contributed by atoms with Gasteiger partial charge in [-0.3, -0.25) is 14.5 Å². The van der Waals surface area contributed by atoms with Gasteiger partial charge in [0.15, 0.2) is 5.78 Å². The van der Waals surface area contributed by atoms with Crippen LogP contribution in [0.4, 0.5) is 0 Å². The number of carbonyl (C=O) groups is 2. The molecule has 3 unspecified atom stereocenters. The van der Waals surface area contributed by atoms with Gasteiger partial charge in [-0.25, -0.2) is 0 Å². The van der Waals surface area contributed by atoms with Crippen LogP contribution >= 0.6 is 0 Å². The summed E-state index contributed by atoms with van der Waals surface area (Å²) in [6.45, 7) is 7.79. The van der Waals surface area contributed by atoms with Gasteiger partial charge in [0.25, 0.3) is 0 Å². The Kier molecular flexibility index (Phi) is 1.62. The monoisotopic (exact) mass is 309 g/mol. The Morgan fingerprint density at radius 1 is 1.26 bits per heavy atom. The molecular formula is C20H23NO2. The summed E-state index contributed by atoms with van der Waals surface area (Å²) in [6, 6.07) is 0.910. The highest BCUT2D eigenvalue weighted by Crippen LogP contribution is 2.85. The molecule has 9 fully saturated rings. The fraction of sp³-hybridized carbons (Fsp3) is 0.800. The Morgan fingerprint density at radius 2 is 2.09 bits per heavy atom. The fourth-order valence-corrected chi connectivity index (χ4v) is 9.78. The molecule has 23 heavy (non-hydrogen) atoms. The van der Waals surface area contributed by atoms with Crippen molar-refractivity contribution in [2.75, 3.05) is 6.54 Å².